The molecule has 1 fully saturated rings. The molecular weight excluding hydrogens is 422 g/mol. The summed E-state index contributed by atoms with van der Waals surface area (Å²) >= 11 is 0. The Hall–Kier alpha value is -2.97. The third-order valence-electron chi connectivity index (χ3n) is 6.25. The van der Waals surface area contributed by atoms with Gasteiger partial charge in [-0.25, -0.2) is 0 Å². The van der Waals surface area contributed by atoms with Crippen molar-refractivity contribution in [3.63, 3.8) is 0 Å². The number of carbonyl (C=O) groups is 1. The van der Waals surface area contributed by atoms with Gasteiger partial charge in [-0.05, 0) is 23.3 Å². The number of rotatable bonds is 9. The van der Waals surface area contributed by atoms with Gasteiger partial charge in [0, 0.05) is 57.3 Å². The van der Waals surface area contributed by atoms with Crippen LogP contribution >= 0.6 is 0 Å². The average molecular weight is 456 g/mol. The van der Waals surface area contributed by atoms with Crippen molar-refractivity contribution in [1.82, 2.24) is 15.1 Å². The lowest BCUT2D eigenvalue weighted by molar-refractivity contribution is -0.122. The van der Waals surface area contributed by atoms with E-state index in [1.807, 2.05) is 6.07 Å². The summed E-state index contributed by atoms with van der Waals surface area (Å²) in [7, 11) is 4.77. The zero-order valence-electron chi connectivity index (χ0n) is 19.7. The standard InChI is InChI=1S/C25H33N3O5/c1-30-22-14-24(32-3)23(31-2)13-20(22)15-26-25(29)17-28-9-7-27(8-10-28)16-18-4-5-21-19(12-18)6-11-33-21/h4-5,12-14H,6-11,15-17H2,1-3H3,(H,26,29). The molecular formula is C25H33N3O5. The fraction of sp³-hybridized carbons (Fsp3) is 0.480. The van der Waals surface area contributed by atoms with E-state index in [-0.39, 0.29) is 5.91 Å². The van der Waals surface area contributed by atoms with E-state index < -0.39 is 0 Å². The molecule has 2 aromatic carbocycles. The van der Waals surface area contributed by atoms with Crippen LogP contribution in [0.1, 0.15) is 16.7 Å². The Morgan fingerprint density at radius 2 is 1.64 bits per heavy atom. The Labute approximate surface area is 195 Å². The SMILES string of the molecule is COc1cc(OC)c(OC)cc1CNC(=O)CN1CCN(Cc2ccc3c(c2)CCO3)CC1. The molecule has 0 atom stereocenters. The number of methoxy groups -OCH3 is 3. The highest BCUT2D eigenvalue weighted by molar-refractivity contribution is 5.78. The molecule has 1 saturated heterocycles. The Bertz CT molecular complexity index is 973. The molecule has 0 bridgehead atoms. The highest BCUT2D eigenvalue weighted by Crippen LogP contribution is 2.34. The molecule has 0 radical (unpaired) electrons. The molecule has 0 aromatic heterocycles. The van der Waals surface area contributed by atoms with Crippen LogP contribution in [0.3, 0.4) is 0 Å². The average Bonchev–Trinajstić information content (AvgIpc) is 3.31. The first kappa shape index (κ1) is 23.2. The third-order valence-corrected chi connectivity index (χ3v) is 6.25. The van der Waals surface area contributed by atoms with Crippen molar-refractivity contribution in [3.05, 3.63) is 47.0 Å². The molecule has 1 amide bonds. The number of fused-ring (bicyclic) bond motifs is 1. The summed E-state index contributed by atoms with van der Waals surface area (Å²) in [5.41, 5.74) is 3.48. The lowest BCUT2D eigenvalue weighted by Crippen LogP contribution is -2.49. The summed E-state index contributed by atoms with van der Waals surface area (Å²) in [4.78, 5) is 17.2. The minimum absolute atomic E-state index is 0.00101. The second kappa shape index (κ2) is 10.8. The molecule has 2 heterocycles. The molecule has 8 heteroatoms. The maximum Gasteiger partial charge on any atom is 0.234 e. The van der Waals surface area contributed by atoms with Crippen molar-refractivity contribution in [2.24, 2.45) is 0 Å². The Kier molecular flexibility index (Phi) is 7.57. The topological polar surface area (TPSA) is 72.5 Å². The maximum atomic E-state index is 12.6. The van der Waals surface area contributed by atoms with E-state index in [1.165, 1.54) is 11.1 Å². The monoisotopic (exact) mass is 455 g/mol. The maximum absolute atomic E-state index is 12.6. The van der Waals surface area contributed by atoms with Gasteiger partial charge in [-0.3, -0.25) is 14.6 Å². The van der Waals surface area contributed by atoms with Crippen molar-refractivity contribution < 1.29 is 23.7 Å². The fourth-order valence-electron chi connectivity index (χ4n) is 4.39. The van der Waals surface area contributed by atoms with Crippen LogP contribution in [0.15, 0.2) is 30.3 Å². The molecule has 8 nitrogen and oxygen atoms in total. The van der Waals surface area contributed by atoms with E-state index >= 15 is 0 Å². The Balaban J connectivity index is 1.23. The first-order valence-electron chi connectivity index (χ1n) is 11.3. The van der Waals surface area contributed by atoms with E-state index in [9.17, 15) is 4.79 Å². The molecule has 0 aliphatic carbocycles. The van der Waals surface area contributed by atoms with Crippen LogP contribution in [0.2, 0.25) is 0 Å². The number of hydrogen-bond acceptors (Lipinski definition) is 7. The number of hydrogen-bond donors (Lipinski definition) is 1. The van der Waals surface area contributed by atoms with Gasteiger partial charge in [-0.2, -0.15) is 0 Å². The molecule has 4 rings (SSSR count). The predicted molar refractivity (Wildman–Crippen MR) is 125 cm³/mol. The van der Waals surface area contributed by atoms with Gasteiger partial charge in [0.2, 0.25) is 5.91 Å². The number of nitrogens with zero attached hydrogens (tertiary/aromatic N) is 2. The molecule has 0 saturated carbocycles. The molecule has 2 aromatic rings. The van der Waals surface area contributed by atoms with Gasteiger partial charge in [0.1, 0.15) is 11.5 Å². The molecule has 1 N–H and O–H groups in total. The van der Waals surface area contributed by atoms with Crippen LogP contribution in [0.25, 0.3) is 0 Å². The summed E-state index contributed by atoms with van der Waals surface area (Å²) in [6, 6.07) is 10.1. The van der Waals surface area contributed by atoms with Crippen LogP contribution in [0.4, 0.5) is 0 Å². The van der Waals surface area contributed by atoms with Crippen molar-refractivity contribution in [3.8, 4) is 23.0 Å². The van der Waals surface area contributed by atoms with Crippen LogP contribution in [-0.2, 0) is 24.3 Å². The first-order chi connectivity index (χ1) is 16.1. The van der Waals surface area contributed by atoms with Gasteiger partial charge in [0.15, 0.2) is 11.5 Å². The number of amides is 1. The van der Waals surface area contributed by atoms with E-state index in [0.717, 1.165) is 57.1 Å². The van der Waals surface area contributed by atoms with Crippen LogP contribution < -0.4 is 24.3 Å². The minimum atomic E-state index is -0.00101. The zero-order chi connectivity index (χ0) is 23.2. The van der Waals surface area contributed by atoms with Crippen molar-refractivity contribution in [1.29, 1.82) is 0 Å². The van der Waals surface area contributed by atoms with E-state index in [2.05, 4.69) is 33.3 Å². The van der Waals surface area contributed by atoms with Crippen LogP contribution in [0, 0.1) is 0 Å². The number of carbonyl (C=O) groups excluding carboxylic acids is 1. The fourth-order valence-corrected chi connectivity index (χ4v) is 4.39. The number of ether oxygens (including phenoxy) is 4. The van der Waals surface area contributed by atoms with Gasteiger partial charge < -0.3 is 24.3 Å². The van der Waals surface area contributed by atoms with Gasteiger partial charge in [-0.1, -0.05) is 12.1 Å². The Morgan fingerprint density at radius 1 is 0.939 bits per heavy atom. The highest BCUT2D eigenvalue weighted by atomic mass is 16.5. The zero-order valence-corrected chi connectivity index (χ0v) is 19.7. The molecule has 0 spiro atoms. The van der Waals surface area contributed by atoms with Crippen molar-refractivity contribution in [2.45, 2.75) is 19.5 Å². The van der Waals surface area contributed by atoms with Crippen LogP contribution in [0.5, 0.6) is 23.0 Å². The molecule has 2 aliphatic rings. The Morgan fingerprint density at radius 3 is 2.36 bits per heavy atom. The van der Waals surface area contributed by atoms with E-state index in [0.29, 0.717) is 30.3 Å². The largest absolute Gasteiger partial charge is 0.496 e. The highest BCUT2D eigenvalue weighted by Gasteiger charge is 2.20. The molecule has 178 valence electrons. The number of piperazine rings is 1. The van der Waals surface area contributed by atoms with E-state index in [4.69, 9.17) is 18.9 Å². The summed E-state index contributed by atoms with van der Waals surface area (Å²) in [5.74, 6) is 2.88. The lowest BCUT2D eigenvalue weighted by atomic mass is 10.1. The summed E-state index contributed by atoms with van der Waals surface area (Å²) in [5, 5.41) is 3.00. The number of nitrogens with one attached hydrogen (secondary N) is 1. The smallest absolute Gasteiger partial charge is 0.234 e. The molecule has 33 heavy (non-hydrogen) atoms. The summed E-state index contributed by atoms with van der Waals surface area (Å²) < 4.78 is 21.7. The quantitative estimate of drug-likeness (QED) is 0.621. The normalized spacial score (nSPS) is 16.1. The number of benzene rings is 2. The summed E-state index contributed by atoms with van der Waals surface area (Å²) in [6.07, 6.45) is 1.00. The third kappa shape index (κ3) is 5.69. The van der Waals surface area contributed by atoms with Crippen molar-refractivity contribution in [2.75, 3.05) is 60.7 Å². The first-order valence-corrected chi connectivity index (χ1v) is 11.3. The van der Waals surface area contributed by atoms with Crippen molar-refractivity contribution >= 4 is 5.91 Å². The minimum Gasteiger partial charge on any atom is -0.496 e. The summed E-state index contributed by atoms with van der Waals surface area (Å²) in [6.45, 7) is 6.13. The van der Waals surface area contributed by atoms with E-state index in [1.54, 1.807) is 27.4 Å². The molecule has 0 unspecified atom stereocenters. The second-order valence-electron chi connectivity index (χ2n) is 8.39. The van der Waals surface area contributed by atoms with Gasteiger partial charge in [-0.15, -0.1) is 0 Å². The van der Waals surface area contributed by atoms with Gasteiger partial charge in [0.05, 0.1) is 34.5 Å². The predicted octanol–water partition coefficient (Wildman–Crippen LogP) is 2.08. The molecule has 2 aliphatic heterocycles. The lowest BCUT2D eigenvalue weighted by Gasteiger charge is -2.34. The van der Waals surface area contributed by atoms with Gasteiger partial charge >= 0.3 is 0 Å². The van der Waals surface area contributed by atoms with Crippen LogP contribution in [-0.4, -0.2) is 76.4 Å². The van der Waals surface area contributed by atoms with Gasteiger partial charge in [0.25, 0.3) is 0 Å². The second-order valence-corrected chi connectivity index (χ2v) is 8.39.